The fourth-order valence-corrected chi connectivity index (χ4v) is 0.783. The maximum atomic E-state index is 11.1. The molecule has 0 aliphatic heterocycles. The molecule has 0 heterocycles. The smallest absolute Gasteiger partial charge is 0.325 e. The number of hydrogen-bond donors (Lipinski definition) is 3. The summed E-state index contributed by atoms with van der Waals surface area (Å²) in [6.45, 7) is 1.55. The predicted molar refractivity (Wildman–Crippen MR) is 49.9 cm³/mol. The van der Waals surface area contributed by atoms with E-state index in [4.69, 9.17) is 10.8 Å². The van der Waals surface area contributed by atoms with Crippen LogP contribution in [-0.2, 0) is 19.1 Å². The van der Waals surface area contributed by atoms with Gasteiger partial charge in [-0.05, 0) is 6.92 Å². The van der Waals surface area contributed by atoms with Crippen LogP contribution in [-0.4, -0.2) is 42.1 Å². The Hall–Kier alpha value is -1.63. The number of aliphatic carboxylic acids is 1. The van der Waals surface area contributed by atoms with Crippen LogP contribution < -0.4 is 11.1 Å². The molecule has 0 spiro atoms. The lowest BCUT2D eigenvalue weighted by Gasteiger charge is -2.09. The molecule has 0 rings (SSSR count). The van der Waals surface area contributed by atoms with E-state index in [1.807, 2.05) is 0 Å². The van der Waals surface area contributed by atoms with Crippen molar-refractivity contribution in [3.63, 3.8) is 0 Å². The molecule has 15 heavy (non-hydrogen) atoms. The SMILES string of the molecule is CCOC(=O)CNC(=O)[C@@H](N)CC(=O)O. The average molecular weight is 218 g/mol. The third kappa shape index (κ3) is 6.44. The number of rotatable bonds is 6. The fourth-order valence-electron chi connectivity index (χ4n) is 0.783. The summed E-state index contributed by atoms with van der Waals surface area (Å²) in [7, 11) is 0. The van der Waals surface area contributed by atoms with Crippen LogP contribution in [0.3, 0.4) is 0 Å². The number of nitrogens with two attached hydrogens (primary N) is 1. The minimum absolute atomic E-state index is 0.218. The summed E-state index contributed by atoms with van der Waals surface area (Å²) in [5.41, 5.74) is 5.23. The highest BCUT2D eigenvalue weighted by Crippen LogP contribution is 1.88. The lowest BCUT2D eigenvalue weighted by Crippen LogP contribution is -2.43. The van der Waals surface area contributed by atoms with Gasteiger partial charge >= 0.3 is 11.9 Å². The summed E-state index contributed by atoms with van der Waals surface area (Å²) in [6, 6.07) is -1.16. The molecule has 0 saturated carbocycles. The number of carboxylic acids is 1. The third-order valence-electron chi connectivity index (χ3n) is 1.44. The summed E-state index contributed by atoms with van der Waals surface area (Å²) >= 11 is 0. The van der Waals surface area contributed by atoms with Crippen LogP contribution in [0.5, 0.6) is 0 Å². The molecular weight excluding hydrogens is 204 g/mol. The summed E-state index contributed by atoms with van der Waals surface area (Å²) in [6.07, 6.45) is -0.478. The number of amides is 1. The number of nitrogens with one attached hydrogen (secondary N) is 1. The number of ether oxygens (including phenoxy) is 1. The monoisotopic (exact) mass is 218 g/mol. The molecule has 7 nitrogen and oxygen atoms in total. The van der Waals surface area contributed by atoms with Crippen molar-refractivity contribution in [1.82, 2.24) is 5.32 Å². The van der Waals surface area contributed by atoms with E-state index in [9.17, 15) is 14.4 Å². The van der Waals surface area contributed by atoms with E-state index in [1.165, 1.54) is 0 Å². The van der Waals surface area contributed by atoms with Crippen molar-refractivity contribution in [3.8, 4) is 0 Å². The Morgan fingerprint density at radius 1 is 1.47 bits per heavy atom. The zero-order chi connectivity index (χ0) is 11.8. The Labute approximate surface area is 86.6 Å². The minimum Gasteiger partial charge on any atom is -0.481 e. The number of carbonyl (C=O) groups is 3. The first-order valence-electron chi connectivity index (χ1n) is 4.38. The molecule has 0 aromatic rings. The lowest BCUT2D eigenvalue weighted by molar-refractivity contribution is -0.143. The zero-order valence-electron chi connectivity index (χ0n) is 8.36. The van der Waals surface area contributed by atoms with Crippen LogP contribution in [0.2, 0.25) is 0 Å². The Bertz CT molecular complexity index is 253. The maximum absolute atomic E-state index is 11.1. The van der Waals surface area contributed by atoms with Gasteiger partial charge in [0.1, 0.15) is 6.54 Å². The Kier molecular flexibility index (Phi) is 6.03. The van der Waals surface area contributed by atoms with Crippen molar-refractivity contribution in [2.75, 3.05) is 13.2 Å². The molecule has 0 saturated heterocycles. The second kappa shape index (κ2) is 6.77. The summed E-state index contributed by atoms with van der Waals surface area (Å²) in [5.74, 6) is -2.45. The Morgan fingerprint density at radius 3 is 2.53 bits per heavy atom. The first-order chi connectivity index (χ1) is 6.97. The normalized spacial score (nSPS) is 11.6. The zero-order valence-corrected chi connectivity index (χ0v) is 8.36. The van der Waals surface area contributed by atoms with Gasteiger partial charge in [-0.1, -0.05) is 0 Å². The van der Waals surface area contributed by atoms with Crippen molar-refractivity contribution in [1.29, 1.82) is 0 Å². The molecule has 0 unspecified atom stereocenters. The molecule has 0 bridgehead atoms. The molecule has 7 heteroatoms. The van der Waals surface area contributed by atoms with Crippen molar-refractivity contribution in [3.05, 3.63) is 0 Å². The number of hydrogen-bond acceptors (Lipinski definition) is 5. The van der Waals surface area contributed by atoms with Crippen LogP contribution >= 0.6 is 0 Å². The van der Waals surface area contributed by atoms with E-state index in [2.05, 4.69) is 10.1 Å². The first kappa shape index (κ1) is 13.4. The molecule has 0 aliphatic carbocycles. The summed E-state index contributed by atoms with van der Waals surface area (Å²) in [5, 5.41) is 10.5. The predicted octanol–water partition coefficient (Wildman–Crippen LogP) is -1.53. The van der Waals surface area contributed by atoms with Gasteiger partial charge in [0, 0.05) is 0 Å². The molecule has 0 aliphatic rings. The van der Waals surface area contributed by atoms with Crippen molar-refractivity contribution >= 4 is 17.8 Å². The highest BCUT2D eigenvalue weighted by Gasteiger charge is 2.17. The van der Waals surface area contributed by atoms with Crippen LogP contribution in [0, 0.1) is 0 Å². The van der Waals surface area contributed by atoms with Crippen molar-refractivity contribution in [2.45, 2.75) is 19.4 Å². The number of esters is 1. The van der Waals surface area contributed by atoms with E-state index in [0.29, 0.717) is 0 Å². The van der Waals surface area contributed by atoms with Gasteiger partial charge in [0.15, 0.2) is 0 Å². The van der Waals surface area contributed by atoms with Gasteiger partial charge in [0.05, 0.1) is 19.1 Å². The van der Waals surface area contributed by atoms with Crippen molar-refractivity contribution < 1.29 is 24.2 Å². The summed E-state index contributed by atoms with van der Waals surface area (Å²) in [4.78, 5) is 32.1. The van der Waals surface area contributed by atoms with Crippen molar-refractivity contribution in [2.24, 2.45) is 5.73 Å². The molecule has 0 radical (unpaired) electrons. The fraction of sp³-hybridized carbons (Fsp3) is 0.625. The van der Waals surface area contributed by atoms with Crippen LogP contribution in [0.25, 0.3) is 0 Å². The quantitative estimate of drug-likeness (QED) is 0.465. The van der Waals surface area contributed by atoms with Gasteiger partial charge in [-0.25, -0.2) is 0 Å². The largest absolute Gasteiger partial charge is 0.481 e. The Balaban J connectivity index is 3.82. The molecule has 86 valence electrons. The van der Waals surface area contributed by atoms with E-state index in [1.54, 1.807) is 6.92 Å². The average Bonchev–Trinajstić information content (AvgIpc) is 2.13. The summed E-state index contributed by atoms with van der Waals surface area (Å²) < 4.78 is 4.54. The molecule has 1 amide bonds. The highest BCUT2D eigenvalue weighted by molar-refractivity contribution is 5.88. The molecule has 4 N–H and O–H groups in total. The van der Waals surface area contributed by atoms with E-state index in [0.717, 1.165) is 0 Å². The Morgan fingerprint density at radius 2 is 2.07 bits per heavy atom. The van der Waals surface area contributed by atoms with Gasteiger partial charge in [-0.2, -0.15) is 0 Å². The van der Waals surface area contributed by atoms with Gasteiger partial charge in [0.2, 0.25) is 5.91 Å². The van der Waals surface area contributed by atoms with Gasteiger partial charge in [-0.3, -0.25) is 14.4 Å². The molecule has 0 fully saturated rings. The lowest BCUT2D eigenvalue weighted by atomic mass is 10.2. The van der Waals surface area contributed by atoms with Crippen LogP contribution in [0.4, 0.5) is 0 Å². The third-order valence-corrected chi connectivity index (χ3v) is 1.44. The minimum atomic E-state index is -1.17. The second-order valence-electron chi connectivity index (χ2n) is 2.73. The number of carbonyl (C=O) groups excluding carboxylic acids is 2. The second-order valence-corrected chi connectivity index (χ2v) is 2.73. The first-order valence-corrected chi connectivity index (χ1v) is 4.38. The molecule has 1 atom stereocenters. The van der Waals surface area contributed by atoms with E-state index < -0.39 is 30.3 Å². The van der Waals surface area contributed by atoms with Gasteiger partial charge in [-0.15, -0.1) is 0 Å². The standard InChI is InChI=1S/C8H14N2O5/c1-2-15-7(13)4-10-8(14)5(9)3-6(11)12/h5H,2-4,9H2,1H3,(H,10,14)(H,11,12)/t5-/m0/s1. The molecule has 0 aromatic heterocycles. The van der Waals surface area contributed by atoms with Gasteiger partial charge in [0.25, 0.3) is 0 Å². The topological polar surface area (TPSA) is 119 Å². The molecular formula is C8H14N2O5. The molecule has 0 aromatic carbocycles. The van der Waals surface area contributed by atoms with E-state index >= 15 is 0 Å². The van der Waals surface area contributed by atoms with Crippen LogP contribution in [0.1, 0.15) is 13.3 Å². The maximum Gasteiger partial charge on any atom is 0.325 e. The van der Waals surface area contributed by atoms with Crippen LogP contribution in [0.15, 0.2) is 0 Å². The highest BCUT2D eigenvalue weighted by atomic mass is 16.5. The van der Waals surface area contributed by atoms with E-state index in [-0.39, 0.29) is 13.2 Å². The number of carboxylic acid groups (broad SMARTS) is 1. The van der Waals surface area contributed by atoms with Gasteiger partial charge < -0.3 is 20.9 Å².